The van der Waals surface area contributed by atoms with E-state index in [4.69, 9.17) is 30.5 Å². The number of aromatic nitrogens is 2. The van der Waals surface area contributed by atoms with E-state index < -0.39 is 32.6 Å². The number of benzene rings is 1. The zero-order chi connectivity index (χ0) is 19.9. The first-order valence-corrected chi connectivity index (χ1v) is 10.1. The van der Waals surface area contributed by atoms with Gasteiger partial charge in [-0.15, -0.1) is 0 Å². The predicted octanol–water partition coefficient (Wildman–Crippen LogP) is 2.38. The Bertz CT molecular complexity index is 992. The third-order valence-corrected chi connectivity index (χ3v) is 5.90. The second-order valence-electron chi connectivity index (χ2n) is 6.58. The van der Waals surface area contributed by atoms with E-state index >= 15 is 0 Å². The quantitative estimate of drug-likeness (QED) is 0.388. The highest BCUT2D eigenvalue weighted by molar-refractivity contribution is 7.71. The maximum Gasteiger partial charge on any atom is 0.402 e. The summed E-state index contributed by atoms with van der Waals surface area (Å²) in [4.78, 5) is 14.5. The summed E-state index contributed by atoms with van der Waals surface area (Å²) in [5.41, 5.74) is 1.33. The Kier molecular flexibility index (Phi) is 5.36. The number of H-pyrrole nitrogens is 1. The number of aryl methyl sites for hydroxylation is 1. The van der Waals surface area contributed by atoms with Crippen molar-refractivity contribution in [1.29, 1.82) is 0 Å². The van der Waals surface area contributed by atoms with Crippen molar-refractivity contribution in [3.8, 4) is 5.75 Å². The molecule has 0 radical (unpaired) electrons. The number of hydrogen-bond donors (Lipinski definition) is 3. The monoisotopic (exact) mass is 426 g/mol. The van der Waals surface area contributed by atoms with E-state index in [1.807, 2.05) is 25.1 Å². The molecular weight excluding hydrogens is 407 g/mol. The van der Waals surface area contributed by atoms with Crippen molar-refractivity contribution in [2.75, 3.05) is 0 Å². The first kappa shape index (κ1) is 19.7. The van der Waals surface area contributed by atoms with Crippen molar-refractivity contribution >= 4 is 20.8 Å². The Morgan fingerprint density at radius 2 is 2.18 bits per heavy atom. The molecule has 150 valence electrons. The number of rotatable bonds is 4. The van der Waals surface area contributed by atoms with Crippen molar-refractivity contribution in [3.05, 3.63) is 56.7 Å². The molecule has 2 aromatic rings. The zero-order valence-electron chi connectivity index (χ0n) is 14.9. The third kappa shape index (κ3) is 3.90. The molecule has 0 aliphatic carbocycles. The minimum absolute atomic E-state index is 0.242. The van der Waals surface area contributed by atoms with Gasteiger partial charge in [0, 0.05) is 11.8 Å². The van der Waals surface area contributed by atoms with Crippen molar-refractivity contribution in [3.63, 3.8) is 0 Å². The van der Waals surface area contributed by atoms with Crippen LogP contribution >= 0.6 is 20.8 Å². The summed E-state index contributed by atoms with van der Waals surface area (Å²) in [7, 11) is -2.03. The second kappa shape index (κ2) is 7.64. The minimum Gasteiger partial charge on any atom is -0.426 e. The molecule has 1 aromatic heterocycles. The standard InChI is InChI=1S/C17H19N2O7PS/c1-10-3-2-4-11-9-23-27(25-15(10)11)26-17(21,22)12-5-6-14(24-12)19-8-7-13(28)18-16(19)20/h2-4,7-8,12,14,21-22H,5-6,9H2,1H3,(H,18,20,28). The van der Waals surface area contributed by atoms with Gasteiger partial charge in [0.05, 0.1) is 6.61 Å². The van der Waals surface area contributed by atoms with E-state index in [2.05, 4.69) is 4.98 Å². The molecule has 0 spiro atoms. The van der Waals surface area contributed by atoms with Crippen molar-refractivity contribution < 1.29 is 28.5 Å². The lowest BCUT2D eigenvalue weighted by atomic mass is 10.1. The molecule has 3 N–H and O–H groups in total. The number of para-hydroxylation sites is 1. The average molecular weight is 426 g/mol. The van der Waals surface area contributed by atoms with Gasteiger partial charge >= 0.3 is 20.3 Å². The van der Waals surface area contributed by atoms with Crippen LogP contribution in [0, 0.1) is 11.6 Å². The zero-order valence-corrected chi connectivity index (χ0v) is 16.6. The Morgan fingerprint density at radius 3 is 2.96 bits per heavy atom. The molecule has 3 unspecified atom stereocenters. The Hall–Kier alpha value is -1.65. The molecule has 11 heteroatoms. The molecule has 4 rings (SSSR count). The Labute approximate surface area is 166 Å². The van der Waals surface area contributed by atoms with Gasteiger partial charge in [0.15, 0.2) is 0 Å². The molecule has 3 heterocycles. The SMILES string of the molecule is Cc1cccc2c1OP(OC(O)(O)C1CCC(n3ccc(=S)[nH]c3=O)O1)OC2. The van der Waals surface area contributed by atoms with Gasteiger partial charge in [0.25, 0.3) is 0 Å². The summed E-state index contributed by atoms with van der Waals surface area (Å²) in [6.45, 7) is 2.13. The van der Waals surface area contributed by atoms with E-state index in [0.29, 0.717) is 16.8 Å². The molecular formula is C17H19N2O7PS. The molecule has 9 nitrogen and oxygen atoms in total. The molecule has 1 aromatic carbocycles. The number of hydrogen-bond acceptors (Lipinski definition) is 8. The van der Waals surface area contributed by atoms with Crippen LogP contribution in [0.1, 0.15) is 30.2 Å². The highest BCUT2D eigenvalue weighted by Crippen LogP contribution is 2.51. The number of nitrogens with zero attached hydrogens (tertiary/aromatic N) is 1. The molecule has 1 fully saturated rings. The Morgan fingerprint density at radius 1 is 1.36 bits per heavy atom. The molecule has 2 aliphatic rings. The normalized spacial score (nSPS) is 24.6. The van der Waals surface area contributed by atoms with Crippen LogP contribution in [0.2, 0.25) is 0 Å². The predicted molar refractivity (Wildman–Crippen MR) is 101 cm³/mol. The summed E-state index contributed by atoms with van der Waals surface area (Å²) in [6, 6.07) is 7.20. The summed E-state index contributed by atoms with van der Waals surface area (Å²) >= 11 is 4.91. The molecule has 1 saturated heterocycles. The van der Waals surface area contributed by atoms with Gasteiger partial charge in [-0.25, -0.2) is 9.32 Å². The molecule has 0 amide bonds. The fourth-order valence-electron chi connectivity index (χ4n) is 3.15. The van der Waals surface area contributed by atoms with Crippen LogP contribution in [0.3, 0.4) is 0 Å². The van der Waals surface area contributed by atoms with Crippen molar-refractivity contribution in [2.45, 2.75) is 44.7 Å². The van der Waals surface area contributed by atoms with Gasteiger partial charge in [0.1, 0.15) is 22.7 Å². The molecule has 2 aliphatic heterocycles. The maximum absolute atomic E-state index is 12.0. The summed E-state index contributed by atoms with van der Waals surface area (Å²) in [6.07, 6.45) is 0.403. The van der Waals surface area contributed by atoms with Crippen LogP contribution in [-0.2, 0) is 20.4 Å². The molecule has 28 heavy (non-hydrogen) atoms. The number of nitrogens with one attached hydrogen (secondary N) is 1. The van der Waals surface area contributed by atoms with Gasteiger partial charge in [-0.05, 0) is 31.4 Å². The van der Waals surface area contributed by atoms with Crippen molar-refractivity contribution in [1.82, 2.24) is 9.55 Å². The lowest BCUT2D eigenvalue weighted by Crippen LogP contribution is -2.44. The highest BCUT2D eigenvalue weighted by atomic mass is 32.1. The van der Waals surface area contributed by atoms with E-state index in [0.717, 1.165) is 11.1 Å². The summed E-state index contributed by atoms with van der Waals surface area (Å²) < 4.78 is 23.7. The molecule has 0 bridgehead atoms. The third-order valence-electron chi connectivity index (χ3n) is 4.57. The van der Waals surface area contributed by atoms with Gasteiger partial charge < -0.3 is 19.5 Å². The Balaban J connectivity index is 1.44. The van der Waals surface area contributed by atoms with Crippen LogP contribution in [0.15, 0.2) is 35.3 Å². The first-order valence-electron chi connectivity index (χ1n) is 8.64. The van der Waals surface area contributed by atoms with E-state index in [1.165, 1.54) is 10.8 Å². The van der Waals surface area contributed by atoms with E-state index in [-0.39, 0.29) is 13.0 Å². The first-order chi connectivity index (χ1) is 13.3. The van der Waals surface area contributed by atoms with Crippen molar-refractivity contribution in [2.24, 2.45) is 0 Å². The highest BCUT2D eigenvalue weighted by Gasteiger charge is 2.47. The molecule has 3 atom stereocenters. The van der Waals surface area contributed by atoms with E-state index in [9.17, 15) is 15.0 Å². The van der Waals surface area contributed by atoms with Gasteiger partial charge in [-0.3, -0.25) is 14.1 Å². The van der Waals surface area contributed by atoms with Crippen LogP contribution in [0.5, 0.6) is 5.75 Å². The summed E-state index contributed by atoms with van der Waals surface area (Å²) in [5, 5.41) is 20.8. The van der Waals surface area contributed by atoms with E-state index in [1.54, 1.807) is 6.07 Å². The smallest absolute Gasteiger partial charge is 0.402 e. The minimum atomic E-state index is -2.63. The number of ether oxygens (including phenoxy) is 1. The lowest BCUT2D eigenvalue weighted by Gasteiger charge is -2.32. The number of aliphatic hydroxyl groups is 2. The van der Waals surface area contributed by atoms with Crippen LogP contribution in [0.25, 0.3) is 0 Å². The number of aromatic amines is 1. The average Bonchev–Trinajstić information content (AvgIpc) is 3.13. The largest absolute Gasteiger partial charge is 0.426 e. The lowest BCUT2D eigenvalue weighted by molar-refractivity contribution is -0.346. The van der Waals surface area contributed by atoms with Crippen LogP contribution in [-0.4, -0.2) is 31.8 Å². The fraction of sp³-hybridized carbons (Fsp3) is 0.412. The fourth-order valence-corrected chi connectivity index (χ4v) is 4.43. The molecule has 0 saturated carbocycles. The topological polar surface area (TPSA) is 115 Å². The maximum atomic E-state index is 12.0. The second-order valence-corrected chi connectivity index (χ2v) is 8.09. The van der Waals surface area contributed by atoms with Crippen LogP contribution in [0.4, 0.5) is 0 Å². The number of fused-ring (bicyclic) bond motifs is 1. The van der Waals surface area contributed by atoms with Crippen LogP contribution < -0.4 is 10.2 Å². The summed E-state index contributed by atoms with van der Waals surface area (Å²) in [5.74, 6) is -2.02. The van der Waals surface area contributed by atoms with Gasteiger partial charge in [-0.2, -0.15) is 0 Å². The van der Waals surface area contributed by atoms with Gasteiger partial charge in [-0.1, -0.05) is 30.4 Å². The van der Waals surface area contributed by atoms with Gasteiger partial charge in [0.2, 0.25) is 0 Å².